The Bertz CT molecular complexity index is 676. The Kier molecular flexibility index (Phi) is 5.16. The van der Waals surface area contributed by atoms with E-state index in [0.29, 0.717) is 18.6 Å². The van der Waals surface area contributed by atoms with E-state index in [1.807, 2.05) is 6.92 Å². The fraction of sp³-hybridized carbons (Fsp3) is 0.556. The molecule has 1 aromatic rings. The van der Waals surface area contributed by atoms with E-state index >= 15 is 0 Å². The molecule has 1 aromatic carbocycles. The zero-order chi connectivity index (χ0) is 19.0. The van der Waals surface area contributed by atoms with Crippen LogP contribution in [0.3, 0.4) is 0 Å². The van der Waals surface area contributed by atoms with Crippen molar-refractivity contribution in [2.45, 2.75) is 58.1 Å². The van der Waals surface area contributed by atoms with E-state index in [-0.39, 0.29) is 18.8 Å². The summed E-state index contributed by atoms with van der Waals surface area (Å²) in [6.07, 6.45) is -0.364. The van der Waals surface area contributed by atoms with E-state index in [1.54, 1.807) is 20.8 Å². The molecule has 1 fully saturated rings. The molecule has 25 heavy (non-hydrogen) atoms. The van der Waals surface area contributed by atoms with Crippen LogP contribution in [0.4, 0.5) is 18.0 Å². The van der Waals surface area contributed by atoms with Crippen LogP contribution in [0, 0.1) is 23.4 Å². The molecule has 0 aliphatic heterocycles. The van der Waals surface area contributed by atoms with E-state index in [4.69, 9.17) is 4.74 Å². The van der Waals surface area contributed by atoms with Crippen molar-refractivity contribution in [3.8, 4) is 0 Å². The molecule has 2 unspecified atom stereocenters. The second kappa shape index (κ2) is 6.69. The van der Waals surface area contributed by atoms with Crippen LogP contribution in [-0.4, -0.2) is 17.5 Å². The Balaban J connectivity index is 2.54. The standard InChI is InChI=1S/C18H22F3NO3/c1-10-5-6-14(23)18(9-10,22-16(24)25-17(2,3)4)15-12(20)7-11(19)8-13(15)21/h7-8,10H,5-6,9H2,1-4H3,(H,22,24). The fourth-order valence-electron chi connectivity index (χ4n) is 3.18. The normalized spacial score (nSPS) is 24.1. The summed E-state index contributed by atoms with van der Waals surface area (Å²) in [4.78, 5) is 24.9. The van der Waals surface area contributed by atoms with Crippen molar-refractivity contribution >= 4 is 11.9 Å². The monoisotopic (exact) mass is 357 g/mol. The molecule has 2 atom stereocenters. The number of hydrogen-bond acceptors (Lipinski definition) is 3. The molecule has 1 aliphatic rings. The number of alkyl carbamates (subject to hydrolysis) is 1. The number of amides is 1. The Morgan fingerprint density at radius 3 is 2.32 bits per heavy atom. The summed E-state index contributed by atoms with van der Waals surface area (Å²) in [5.74, 6) is -4.12. The maximum Gasteiger partial charge on any atom is 0.408 e. The zero-order valence-electron chi connectivity index (χ0n) is 14.7. The first-order chi connectivity index (χ1) is 11.4. The molecular formula is C18H22F3NO3. The van der Waals surface area contributed by atoms with Gasteiger partial charge in [0.2, 0.25) is 0 Å². The number of halogens is 3. The summed E-state index contributed by atoms with van der Waals surface area (Å²) in [5, 5.41) is 2.37. The number of ketones is 1. The van der Waals surface area contributed by atoms with Crippen molar-refractivity contribution in [1.82, 2.24) is 5.32 Å². The number of ether oxygens (including phenoxy) is 1. The summed E-state index contributed by atoms with van der Waals surface area (Å²) in [6.45, 7) is 6.70. The average Bonchev–Trinajstić information content (AvgIpc) is 2.39. The molecule has 1 saturated carbocycles. The molecule has 0 aromatic heterocycles. The van der Waals surface area contributed by atoms with Gasteiger partial charge in [-0.05, 0) is 39.5 Å². The molecule has 0 heterocycles. The number of benzene rings is 1. The highest BCUT2D eigenvalue weighted by molar-refractivity contribution is 5.93. The van der Waals surface area contributed by atoms with Gasteiger partial charge in [-0.3, -0.25) is 4.79 Å². The Hall–Kier alpha value is -2.05. The van der Waals surface area contributed by atoms with Crippen molar-refractivity contribution in [2.75, 3.05) is 0 Å². The lowest BCUT2D eigenvalue weighted by atomic mass is 9.71. The van der Waals surface area contributed by atoms with Crippen LogP contribution in [-0.2, 0) is 15.1 Å². The Morgan fingerprint density at radius 2 is 1.80 bits per heavy atom. The third-order valence-electron chi connectivity index (χ3n) is 4.14. The van der Waals surface area contributed by atoms with Gasteiger partial charge in [-0.1, -0.05) is 6.92 Å². The van der Waals surface area contributed by atoms with Crippen molar-refractivity contribution < 1.29 is 27.5 Å². The zero-order valence-corrected chi connectivity index (χ0v) is 14.7. The van der Waals surface area contributed by atoms with Gasteiger partial charge >= 0.3 is 6.09 Å². The highest BCUT2D eigenvalue weighted by Gasteiger charge is 2.49. The molecule has 0 saturated heterocycles. The summed E-state index contributed by atoms with van der Waals surface area (Å²) in [6, 6.07) is 1.01. The number of nitrogens with one attached hydrogen (secondary N) is 1. The van der Waals surface area contributed by atoms with Gasteiger partial charge in [0.1, 0.15) is 28.6 Å². The highest BCUT2D eigenvalue weighted by atomic mass is 19.1. The van der Waals surface area contributed by atoms with Gasteiger partial charge in [0.15, 0.2) is 5.78 Å². The first kappa shape index (κ1) is 19.3. The third kappa shape index (κ3) is 4.14. The van der Waals surface area contributed by atoms with Gasteiger partial charge in [-0.15, -0.1) is 0 Å². The van der Waals surface area contributed by atoms with Crippen LogP contribution in [0.15, 0.2) is 12.1 Å². The Labute approximate surface area is 144 Å². The smallest absolute Gasteiger partial charge is 0.408 e. The number of rotatable bonds is 2. The molecule has 0 bridgehead atoms. The minimum absolute atomic E-state index is 0.00451. The molecular weight excluding hydrogens is 335 g/mol. The van der Waals surface area contributed by atoms with E-state index in [9.17, 15) is 22.8 Å². The molecule has 1 amide bonds. The van der Waals surface area contributed by atoms with Crippen molar-refractivity contribution in [3.05, 3.63) is 35.1 Å². The van der Waals surface area contributed by atoms with E-state index < -0.39 is 46.0 Å². The number of hydrogen-bond donors (Lipinski definition) is 1. The largest absolute Gasteiger partial charge is 0.444 e. The van der Waals surface area contributed by atoms with Gasteiger partial charge in [0.25, 0.3) is 0 Å². The first-order valence-electron chi connectivity index (χ1n) is 8.14. The summed E-state index contributed by atoms with van der Waals surface area (Å²) in [7, 11) is 0. The molecule has 1 N–H and O–H groups in total. The quantitative estimate of drug-likeness (QED) is 0.862. The molecule has 7 heteroatoms. The third-order valence-corrected chi connectivity index (χ3v) is 4.14. The average molecular weight is 357 g/mol. The van der Waals surface area contributed by atoms with Crippen LogP contribution >= 0.6 is 0 Å². The number of Topliss-reactive ketones (excluding diaryl/α,β-unsaturated/α-hetero) is 1. The number of carbonyl (C=O) groups excluding carboxylic acids is 2. The molecule has 0 spiro atoms. The van der Waals surface area contributed by atoms with Gasteiger partial charge in [-0.2, -0.15) is 0 Å². The Morgan fingerprint density at radius 1 is 1.24 bits per heavy atom. The lowest BCUT2D eigenvalue weighted by Crippen LogP contribution is -2.56. The summed E-state index contributed by atoms with van der Waals surface area (Å²) in [5.41, 5.74) is -3.41. The van der Waals surface area contributed by atoms with E-state index in [2.05, 4.69) is 5.32 Å². The summed E-state index contributed by atoms with van der Waals surface area (Å²) < 4.78 is 47.2. The van der Waals surface area contributed by atoms with E-state index in [1.165, 1.54) is 0 Å². The van der Waals surface area contributed by atoms with Gasteiger partial charge in [0, 0.05) is 18.6 Å². The van der Waals surface area contributed by atoms with Crippen molar-refractivity contribution in [3.63, 3.8) is 0 Å². The second-order valence-electron chi connectivity index (χ2n) is 7.55. The van der Waals surface area contributed by atoms with Crippen LogP contribution in [0.5, 0.6) is 0 Å². The van der Waals surface area contributed by atoms with Crippen molar-refractivity contribution in [2.24, 2.45) is 5.92 Å². The van der Waals surface area contributed by atoms with Crippen LogP contribution in [0.1, 0.15) is 52.5 Å². The molecule has 138 valence electrons. The maximum atomic E-state index is 14.4. The summed E-state index contributed by atoms with van der Waals surface area (Å²) >= 11 is 0. The van der Waals surface area contributed by atoms with Crippen LogP contribution in [0.25, 0.3) is 0 Å². The molecule has 1 aliphatic carbocycles. The van der Waals surface area contributed by atoms with Gasteiger partial charge < -0.3 is 10.1 Å². The topological polar surface area (TPSA) is 55.4 Å². The van der Waals surface area contributed by atoms with Crippen LogP contribution in [0.2, 0.25) is 0 Å². The lowest BCUT2D eigenvalue weighted by Gasteiger charge is -2.40. The van der Waals surface area contributed by atoms with Gasteiger partial charge in [0.05, 0.1) is 5.56 Å². The maximum absolute atomic E-state index is 14.4. The van der Waals surface area contributed by atoms with Gasteiger partial charge in [-0.25, -0.2) is 18.0 Å². The molecule has 2 rings (SSSR count). The number of carbonyl (C=O) groups is 2. The van der Waals surface area contributed by atoms with Crippen LogP contribution < -0.4 is 5.32 Å². The second-order valence-corrected chi connectivity index (χ2v) is 7.55. The fourth-order valence-corrected chi connectivity index (χ4v) is 3.18. The minimum atomic E-state index is -1.91. The highest BCUT2D eigenvalue weighted by Crippen LogP contribution is 2.40. The lowest BCUT2D eigenvalue weighted by molar-refractivity contribution is -0.129. The predicted octanol–water partition coefficient (Wildman–Crippen LogP) is 4.21. The molecule has 0 radical (unpaired) electrons. The minimum Gasteiger partial charge on any atom is -0.444 e. The van der Waals surface area contributed by atoms with Crippen molar-refractivity contribution in [1.29, 1.82) is 0 Å². The molecule has 4 nitrogen and oxygen atoms in total. The SMILES string of the molecule is CC1CCC(=O)C(NC(=O)OC(C)(C)C)(c2c(F)cc(F)cc2F)C1. The van der Waals surface area contributed by atoms with E-state index in [0.717, 1.165) is 0 Å². The first-order valence-corrected chi connectivity index (χ1v) is 8.14. The predicted molar refractivity (Wildman–Crippen MR) is 85.4 cm³/mol.